The molecule has 19 heavy (non-hydrogen) atoms. The summed E-state index contributed by atoms with van der Waals surface area (Å²) in [6.45, 7) is 3.86. The molecule has 0 amide bonds. The zero-order valence-corrected chi connectivity index (χ0v) is 13.0. The monoisotopic (exact) mass is 343 g/mol. The third-order valence-corrected chi connectivity index (χ3v) is 5.14. The summed E-state index contributed by atoms with van der Waals surface area (Å²) in [5.41, 5.74) is 0.841. The average molecular weight is 344 g/mol. The number of halogens is 1. The Bertz CT molecular complexity index is 692. The molecule has 0 fully saturated rings. The number of hydrogen-bond donors (Lipinski definition) is 1. The number of hydrogen-bond acceptors (Lipinski definition) is 3. The number of benzene rings is 1. The van der Waals surface area contributed by atoms with Gasteiger partial charge in [-0.2, -0.15) is 0 Å². The van der Waals surface area contributed by atoms with Gasteiger partial charge in [0.1, 0.15) is 11.5 Å². The summed E-state index contributed by atoms with van der Waals surface area (Å²) in [4.78, 5) is 0.230. The lowest BCUT2D eigenvalue weighted by Crippen LogP contribution is -2.23. The highest BCUT2D eigenvalue weighted by Gasteiger charge is 2.17. The Morgan fingerprint density at radius 2 is 1.95 bits per heavy atom. The standard InChI is InChI=1S/C13H14BrNO3S/c1-9-7-11(10(2)18-9)8-15-19(16,17)13-6-4-3-5-12(13)14/h3-7,15H,8H2,1-2H3. The van der Waals surface area contributed by atoms with E-state index < -0.39 is 10.0 Å². The minimum absolute atomic E-state index is 0.215. The van der Waals surface area contributed by atoms with Crippen LogP contribution in [-0.4, -0.2) is 8.42 Å². The van der Waals surface area contributed by atoms with Crippen LogP contribution in [0.1, 0.15) is 17.1 Å². The highest BCUT2D eigenvalue weighted by molar-refractivity contribution is 9.10. The van der Waals surface area contributed by atoms with Crippen LogP contribution in [0.4, 0.5) is 0 Å². The van der Waals surface area contributed by atoms with Crippen LogP contribution in [0.5, 0.6) is 0 Å². The van der Waals surface area contributed by atoms with Crippen molar-refractivity contribution >= 4 is 26.0 Å². The van der Waals surface area contributed by atoms with Gasteiger partial charge in [0.25, 0.3) is 0 Å². The molecule has 0 aliphatic carbocycles. The number of sulfonamides is 1. The Morgan fingerprint density at radius 3 is 2.53 bits per heavy atom. The van der Waals surface area contributed by atoms with Crippen LogP contribution in [0.25, 0.3) is 0 Å². The number of nitrogens with one attached hydrogen (secondary N) is 1. The van der Waals surface area contributed by atoms with E-state index >= 15 is 0 Å². The molecule has 4 nitrogen and oxygen atoms in total. The lowest BCUT2D eigenvalue weighted by Gasteiger charge is -2.07. The molecular weight excluding hydrogens is 330 g/mol. The molecule has 0 saturated heterocycles. The second kappa shape index (κ2) is 5.48. The predicted octanol–water partition coefficient (Wildman–Crippen LogP) is 3.14. The molecule has 102 valence electrons. The summed E-state index contributed by atoms with van der Waals surface area (Å²) >= 11 is 3.24. The summed E-state index contributed by atoms with van der Waals surface area (Å²) < 4.78 is 32.8. The zero-order chi connectivity index (χ0) is 14.0. The minimum atomic E-state index is -3.54. The predicted molar refractivity (Wildman–Crippen MR) is 76.3 cm³/mol. The van der Waals surface area contributed by atoms with E-state index in [1.54, 1.807) is 24.3 Å². The Kier molecular flexibility index (Phi) is 4.13. The average Bonchev–Trinajstić information content (AvgIpc) is 2.66. The van der Waals surface area contributed by atoms with Crippen molar-refractivity contribution in [3.8, 4) is 0 Å². The molecule has 0 radical (unpaired) electrons. The van der Waals surface area contributed by atoms with Crippen LogP contribution in [0.3, 0.4) is 0 Å². The van der Waals surface area contributed by atoms with Gasteiger partial charge in [-0.1, -0.05) is 12.1 Å². The fourth-order valence-corrected chi connectivity index (χ4v) is 3.78. The van der Waals surface area contributed by atoms with Crippen molar-refractivity contribution < 1.29 is 12.8 Å². The van der Waals surface area contributed by atoms with Gasteiger partial charge < -0.3 is 4.42 Å². The van der Waals surface area contributed by atoms with Gasteiger partial charge in [-0.3, -0.25) is 0 Å². The van der Waals surface area contributed by atoms with E-state index in [1.165, 1.54) is 0 Å². The number of aryl methyl sites for hydroxylation is 2. The molecule has 0 aliphatic rings. The minimum Gasteiger partial charge on any atom is -0.466 e. The van der Waals surface area contributed by atoms with Crippen molar-refractivity contribution in [1.29, 1.82) is 0 Å². The zero-order valence-electron chi connectivity index (χ0n) is 10.6. The van der Waals surface area contributed by atoms with Crippen molar-refractivity contribution in [2.45, 2.75) is 25.3 Å². The molecule has 1 aromatic heterocycles. The third-order valence-electron chi connectivity index (χ3n) is 2.72. The first kappa shape index (κ1) is 14.3. The van der Waals surface area contributed by atoms with E-state index in [-0.39, 0.29) is 11.4 Å². The molecule has 0 aliphatic heterocycles. The molecule has 2 aromatic rings. The van der Waals surface area contributed by atoms with Crippen molar-refractivity contribution in [3.05, 3.63) is 51.9 Å². The number of rotatable bonds is 4. The third kappa shape index (κ3) is 3.26. The largest absolute Gasteiger partial charge is 0.466 e. The van der Waals surface area contributed by atoms with Crippen molar-refractivity contribution in [1.82, 2.24) is 4.72 Å². The lowest BCUT2D eigenvalue weighted by atomic mass is 10.2. The summed E-state index contributed by atoms with van der Waals surface area (Å²) in [5.74, 6) is 1.50. The van der Waals surface area contributed by atoms with Gasteiger partial charge in [0.05, 0.1) is 4.90 Å². The van der Waals surface area contributed by atoms with Crippen molar-refractivity contribution in [3.63, 3.8) is 0 Å². The topological polar surface area (TPSA) is 59.3 Å². The maximum atomic E-state index is 12.2. The molecule has 0 unspecified atom stereocenters. The van der Waals surface area contributed by atoms with Gasteiger partial charge in [-0.15, -0.1) is 0 Å². The van der Waals surface area contributed by atoms with Crippen LogP contribution in [0.15, 0.2) is 44.1 Å². The summed E-state index contributed by atoms with van der Waals surface area (Å²) in [7, 11) is -3.54. The first-order valence-electron chi connectivity index (χ1n) is 5.70. The Labute approximate surface area is 121 Å². The second-order valence-electron chi connectivity index (χ2n) is 4.19. The molecule has 1 heterocycles. The van der Waals surface area contributed by atoms with E-state index in [0.29, 0.717) is 4.47 Å². The van der Waals surface area contributed by atoms with E-state index in [2.05, 4.69) is 20.7 Å². The highest BCUT2D eigenvalue weighted by Crippen LogP contribution is 2.21. The summed E-state index contributed by atoms with van der Waals surface area (Å²) in [6.07, 6.45) is 0. The maximum absolute atomic E-state index is 12.2. The highest BCUT2D eigenvalue weighted by atomic mass is 79.9. The molecule has 1 N–H and O–H groups in total. The van der Waals surface area contributed by atoms with E-state index in [1.807, 2.05) is 19.9 Å². The van der Waals surface area contributed by atoms with Crippen LogP contribution in [-0.2, 0) is 16.6 Å². The summed E-state index contributed by atoms with van der Waals surface area (Å²) in [6, 6.07) is 8.54. The maximum Gasteiger partial charge on any atom is 0.241 e. The second-order valence-corrected chi connectivity index (χ2v) is 6.78. The first-order valence-corrected chi connectivity index (χ1v) is 7.98. The number of furan rings is 1. The van der Waals surface area contributed by atoms with Crippen molar-refractivity contribution in [2.75, 3.05) is 0 Å². The fraction of sp³-hybridized carbons (Fsp3) is 0.231. The van der Waals surface area contributed by atoms with Gasteiger partial charge in [-0.05, 0) is 48.0 Å². The van der Waals surface area contributed by atoms with Crippen LogP contribution < -0.4 is 4.72 Å². The van der Waals surface area contributed by atoms with Crippen LogP contribution in [0.2, 0.25) is 0 Å². The normalized spacial score (nSPS) is 11.7. The van der Waals surface area contributed by atoms with Gasteiger partial charge in [0, 0.05) is 16.6 Å². The lowest BCUT2D eigenvalue weighted by molar-refractivity contribution is 0.500. The Balaban J connectivity index is 2.19. The van der Waals surface area contributed by atoms with Gasteiger partial charge >= 0.3 is 0 Å². The quantitative estimate of drug-likeness (QED) is 0.927. The van der Waals surface area contributed by atoms with Gasteiger partial charge in [0.2, 0.25) is 10.0 Å². The van der Waals surface area contributed by atoms with E-state index in [0.717, 1.165) is 17.1 Å². The molecule has 1 aromatic carbocycles. The fourth-order valence-electron chi connectivity index (χ4n) is 1.77. The van der Waals surface area contributed by atoms with Crippen LogP contribution >= 0.6 is 15.9 Å². The van der Waals surface area contributed by atoms with E-state index in [9.17, 15) is 8.42 Å². The molecule has 2 rings (SSSR count). The first-order chi connectivity index (χ1) is 8.90. The van der Waals surface area contributed by atoms with Crippen molar-refractivity contribution in [2.24, 2.45) is 0 Å². The molecule has 0 bridgehead atoms. The molecule has 0 atom stereocenters. The molecule has 0 saturated carbocycles. The van der Waals surface area contributed by atoms with E-state index in [4.69, 9.17) is 4.42 Å². The van der Waals surface area contributed by atoms with Gasteiger partial charge in [0.15, 0.2) is 0 Å². The van der Waals surface area contributed by atoms with Gasteiger partial charge in [-0.25, -0.2) is 13.1 Å². The smallest absolute Gasteiger partial charge is 0.241 e. The Hall–Kier alpha value is -1.11. The van der Waals surface area contributed by atoms with Crippen LogP contribution in [0, 0.1) is 13.8 Å². The summed E-state index contributed by atoms with van der Waals surface area (Å²) in [5, 5.41) is 0. The molecular formula is C13H14BrNO3S. The Morgan fingerprint density at radius 1 is 1.26 bits per heavy atom. The molecule has 0 spiro atoms. The SMILES string of the molecule is Cc1cc(CNS(=O)(=O)c2ccccc2Br)c(C)o1. The molecule has 6 heteroatoms.